The number of aromatic nitrogens is 1. The van der Waals surface area contributed by atoms with Crippen molar-refractivity contribution in [2.24, 2.45) is 11.3 Å². The van der Waals surface area contributed by atoms with Crippen LogP contribution in [0, 0.1) is 11.3 Å². The molecule has 0 unspecified atom stereocenters. The quantitative estimate of drug-likeness (QED) is 0.830. The summed E-state index contributed by atoms with van der Waals surface area (Å²) in [6, 6.07) is 1.37. The first-order chi connectivity index (χ1) is 8.05. The lowest BCUT2D eigenvalue weighted by Crippen LogP contribution is -2.34. The Morgan fingerprint density at radius 3 is 2.76 bits per heavy atom. The number of amides is 1. The minimum atomic E-state index is -0.279. The number of pyridine rings is 1. The van der Waals surface area contributed by atoms with Gasteiger partial charge in [0.2, 0.25) is 0 Å². The van der Waals surface area contributed by atoms with Gasteiger partial charge in [-0.1, -0.05) is 13.8 Å². The second kappa shape index (κ2) is 4.35. The van der Waals surface area contributed by atoms with E-state index in [9.17, 15) is 9.59 Å². The van der Waals surface area contributed by atoms with Crippen LogP contribution in [-0.2, 0) is 0 Å². The van der Waals surface area contributed by atoms with Gasteiger partial charge in [0.05, 0.1) is 0 Å². The lowest BCUT2D eigenvalue weighted by atomic mass is 9.92. The highest BCUT2D eigenvalue weighted by atomic mass is 16.2. The molecule has 0 radical (unpaired) electrons. The molecule has 0 aromatic carbocycles. The maximum absolute atomic E-state index is 11.8. The zero-order valence-electron chi connectivity index (χ0n) is 10.2. The predicted molar refractivity (Wildman–Crippen MR) is 65.9 cm³/mol. The smallest absolute Gasteiger partial charge is 0.256 e. The van der Waals surface area contributed by atoms with E-state index in [-0.39, 0.29) is 22.3 Å². The molecule has 1 fully saturated rings. The van der Waals surface area contributed by atoms with Crippen LogP contribution in [0.1, 0.15) is 37.0 Å². The molecule has 1 aromatic heterocycles. The molecule has 1 amide bonds. The van der Waals surface area contributed by atoms with Crippen molar-refractivity contribution in [3.63, 3.8) is 0 Å². The summed E-state index contributed by atoms with van der Waals surface area (Å²) in [4.78, 5) is 26.0. The van der Waals surface area contributed by atoms with Gasteiger partial charge in [-0.25, -0.2) is 0 Å². The molecule has 1 aliphatic rings. The van der Waals surface area contributed by atoms with Crippen molar-refractivity contribution in [1.82, 2.24) is 10.3 Å². The van der Waals surface area contributed by atoms with Crippen LogP contribution < -0.4 is 10.7 Å². The van der Waals surface area contributed by atoms with E-state index < -0.39 is 0 Å². The third kappa shape index (κ3) is 2.40. The zero-order chi connectivity index (χ0) is 12.5. The molecular weight excluding hydrogens is 216 g/mol. The summed E-state index contributed by atoms with van der Waals surface area (Å²) < 4.78 is 0. The van der Waals surface area contributed by atoms with E-state index in [2.05, 4.69) is 24.1 Å². The van der Waals surface area contributed by atoms with Gasteiger partial charge in [-0.05, 0) is 24.2 Å². The average molecular weight is 234 g/mol. The van der Waals surface area contributed by atoms with Gasteiger partial charge in [0.1, 0.15) is 5.56 Å². The number of carbonyl (C=O) groups is 1. The Morgan fingerprint density at radius 2 is 2.24 bits per heavy atom. The maximum Gasteiger partial charge on any atom is 0.256 e. The summed E-state index contributed by atoms with van der Waals surface area (Å²) >= 11 is 0. The van der Waals surface area contributed by atoms with Crippen LogP contribution in [0.2, 0.25) is 0 Å². The minimum absolute atomic E-state index is 0.187. The highest BCUT2D eigenvalue weighted by Gasteiger charge is 2.45. The van der Waals surface area contributed by atoms with Crippen molar-refractivity contribution < 1.29 is 4.79 Å². The average Bonchev–Trinajstić information content (AvgIpc) is 3.07. The second-order valence-electron chi connectivity index (χ2n) is 5.12. The fourth-order valence-electron chi connectivity index (χ4n) is 2.06. The van der Waals surface area contributed by atoms with E-state index in [0.717, 1.165) is 12.8 Å². The summed E-state index contributed by atoms with van der Waals surface area (Å²) in [5.41, 5.74) is 0.208. The van der Waals surface area contributed by atoms with Gasteiger partial charge in [0.15, 0.2) is 5.43 Å². The van der Waals surface area contributed by atoms with Gasteiger partial charge < -0.3 is 10.3 Å². The van der Waals surface area contributed by atoms with Crippen molar-refractivity contribution in [2.45, 2.75) is 26.7 Å². The van der Waals surface area contributed by atoms with Crippen molar-refractivity contribution in [3.05, 3.63) is 34.2 Å². The largest absolute Gasteiger partial charge is 0.367 e. The molecule has 92 valence electrons. The van der Waals surface area contributed by atoms with Crippen LogP contribution in [0.15, 0.2) is 23.3 Å². The number of hydrogen-bond acceptors (Lipinski definition) is 2. The van der Waals surface area contributed by atoms with Crippen LogP contribution in [0.3, 0.4) is 0 Å². The van der Waals surface area contributed by atoms with Crippen LogP contribution in [-0.4, -0.2) is 17.4 Å². The van der Waals surface area contributed by atoms with Crippen LogP contribution >= 0.6 is 0 Å². The number of H-pyrrole nitrogens is 1. The molecule has 2 N–H and O–H groups in total. The zero-order valence-corrected chi connectivity index (χ0v) is 10.2. The highest BCUT2D eigenvalue weighted by molar-refractivity contribution is 5.93. The van der Waals surface area contributed by atoms with Crippen molar-refractivity contribution in [1.29, 1.82) is 0 Å². The van der Waals surface area contributed by atoms with Gasteiger partial charge in [-0.2, -0.15) is 0 Å². The summed E-state index contributed by atoms with van der Waals surface area (Å²) in [6.45, 7) is 5.01. The third-order valence-electron chi connectivity index (χ3n) is 3.79. The molecule has 1 saturated carbocycles. The van der Waals surface area contributed by atoms with E-state index >= 15 is 0 Å². The van der Waals surface area contributed by atoms with E-state index in [1.807, 2.05) is 0 Å². The fraction of sp³-hybridized carbons (Fsp3) is 0.538. The Balaban J connectivity index is 1.99. The van der Waals surface area contributed by atoms with Crippen LogP contribution in [0.5, 0.6) is 0 Å². The van der Waals surface area contributed by atoms with Gasteiger partial charge in [0, 0.05) is 25.0 Å². The van der Waals surface area contributed by atoms with E-state index in [1.54, 1.807) is 0 Å². The Hall–Kier alpha value is -1.58. The highest BCUT2D eigenvalue weighted by Crippen LogP contribution is 2.51. The number of carbonyl (C=O) groups excluding carboxylic acids is 1. The molecular formula is C13H18N2O2. The Labute approximate surface area is 100 Å². The molecule has 4 nitrogen and oxygen atoms in total. The van der Waals surface area contributed by atoms with Crippen molar-refractivity contribution >= 4 is 5.91 Å². The monoisotopic (exact) mass is 234 g/mol. The predicted octanol–water partition coefficient (Wildman–Crippen LogP) is 1.54. The summed E-state index contributed by atoms with van der Waals surface area (Å²) in [5.74, 6) is 0.288. The number of hydrogen-bond donors (Lipinski definition) is 2. The van der Waals surface area contributed by atoms with Crippen LogP contribution in [0.25, 0.3) is 0 Å². The third-order valence-corrected chi connectivity index (χ3v) is 3.79. The van der Waals surface area contributed by atoms with E-state index in [4.69, 9.17) is 0 Å². The van der Waals surface area contributed by atoms with Gasteiger partial charge in [-0.3, -0.25) is 9.59 Å². The molecule has 1 aromatic rings. The summed E-state index contributed by atoms with van der Waals surface area (Å²) in [6.07, 6.45) is 5.30. The molecule has 0 atom stereocenters. The van der Waals surface area contributed by atoms with Crippen LogP contribution in [0.4, 0.5) is 0 Å². The number of nitrogens with one attached hydrogen (secondary N) is 2. The van der Waals surface area contributed by atoms with E-state index in [1.165, 1.54) is 18.5 Å². The van der Waals surface area contributed by atoms with Crippen molar-refractivity contribution in [3.8, 4) is 0 Å². The van der Waals surface area contributed by atoms with Gasteiger partial charge >= 0.3 is 0 Å². The van der Waals surface area contributed by atoms with Gasteiger partial charge in [0.25, 0.3) is 5.91 Å². The first-order valence-corrected chi connectivity index (χ1v) is 6.00. The topological polar surface area (TPSA) is 62.0 Å². The molecule has 0 spiro atoms. The fourth-order valence-corrected chi connectivity index (χ4v) is 2.06. The SMILES string of the molecule is CC(C)C1(CNC(=O)c2c[nH]ccc2=O)CC1. The second-order valence-corrected chi connectivity index (χ2v) is 5.12. The molecule has 1 heterocycles. The summed E-state index contributed by atoms with van der Waals surface area (Å²) in [7, 11) is 0. The first-order valence-electron chi connectivity index (χ1n) is 6.00. The standard InChI is InChI=1S/C13H18N2O2/c1-9(2)13(4-5-13)8-15-12(17)10-7-14-6-3-11(10)16/h3,6-7,9H,4-5,8H2,1-2H3,(H,14,16)(H,15,17). The molecule has 4 heteroatoms. The molecule has 1 aliphatic carbocycles. The molecule has 2 rings (SSSR count). The number of rotatable bonds is 4. The normalized spacial score (nSPS) is 16.9. The Kier molecular flexibility index (Phi) is 3.05. The molecule has 0 bridgehead atoms. The lowest BCUT2D eigenvalue weighted by Gasteiger charge is -2.19. The first kappa shape index (κ1) is 11.9. The molecule has 17 heavy (non-hydrogen) atoms. The Morgan fingerprint density at radius 1 is 1.53 bits per heavy atom. The number of aromatic amines is 1. The molecule has 0 saturated heterocycles. The van der Waals surface area contributed by atoms with E-state index in [0.29, 0.717) is 12.5 Å². The maximum atomic E-state index is 11.8. The van der Waals surface area contributed by atoms with Gasteiger partial charge in [-0.15, -0.1) is 0 Å². The molecule has 0 aliphatic heterocycles. The summed E-state index contributed by atoms with van der Waals surface area (Å²) in [5, 5.41) is 2.86. The lowest BCUT2D eigenvalue weighted by molar-refractivity contribution is 0.0938. The van der Waals surface area contributed by atoms with Crippen molar-refractivity contribution in [2.75, 3.05) is 6.54 Å². The minimum Gasteiger partial charge on any atom is -0.367 e. The Bertz CT molecular complexity index is 472.